The molecule has 0 unspecified atom stereocenters. The van der Waals surface area contributed by atoms with Gasteiger partial charge in [0.2, 0.25) is 11.8 Å². The number of aromatic nitrogens is 2. The lowest BCUT2D eigenvalue weighted by Crippen LogP contribution is -2.30. The van der Waals surface area contributed by atoms with E-state index in [1.54, 1.807) is 11.0 Å². The number of hydrogen-bond donors (Lipinski definition) is 3. The Morgan fingerprint density at radius 1 is 1.05 bits per heavy atom. The van der Waals surface area contributed by atoms with Crippen LogP contribution >= 0.6 is 0 Å². The number of aromatic amines is 1. The number of aliphatic imine (C=N–C) groups is 1. The smallest absolute Gasteiger partial charge is 0.335 e. The van der Waals surface area contributed by atoms with Gasteiger partial charge in [0.05, 0.1) is 28.7 Å². The van der Waals surface area contributed by atoms with E-state index in [1.807, 2.05) is 48.5 Å². The van der Waals surface area contributed by atoms with Crippen LogP contribution in [0.15, 0.2) is 88.6 Å². The van der Waals surface area contributed by atoms with Crippen molar-refractivity contribution in [2.45, 2.75) is 12.8 Å². The fourth-order valence-electron chi connectivity index (χ4n) is 4.83. The number of aromatic hydroxyl groups is 1. The van der Waals surface area contributed by atoms with Gasteiger partial charge in [0, 0.05) is 28.7 Å². The summed E-state index contributed by atoms with van der Waals surface area (Å²) in [6.45, 7) is 0.558. The molecule has 6 rings (SSSR count). The third-order valence-corrected chi connectivity index (χ3v) is 6.60. The van der Waals surface area contributed by atoms with Gasteiger partial charge in [0.1, 0.15) is 12.7 Å². The van der Waals surface area contributed by atoms with Crippen molar-refractivity contribution in [3.63, 3.8) is 0 Å². The number of nitrogens with zero attached hydrogens (tertiary/aromatic N) is 3. The quantitative estimate of drug-likeness (QED) is 0.282. The molecule has 0 radical (unpaired) electrons. The van der Waals surface area contributed by atoms with Crippen molar-refractivity contribution in [3.8, 4) is 5.88 Å². The minimum Gasteiger partial charge on any atom is -0.494 e. The van der Waals surface area contributed by atoms with Crippen molar-refractivity contribution in [2.75, 3.05) is 11.4 Å². The summed E-state index contributed by atoms with van der Waals surface area (Å²) in [6.07, 6.45) is 3.75. The summed E-state index contributed by atoms with van der Waals surface area (Å²) in [4.78, 5) is 37.9. The van der Waals surface area contributed by atoms with Gasteiger partial charge in [-0.25, -0.2) is 14.8 Å². The van der Waals surface area contributed by atoms with Gasteiger partial charge in [-0.15, -0.1) is 0 Å². The number of rotatable bonds is 6. The highest BCUT2D eigenvalue weighted by Gasteiger charge is 2.26. The van der Waals surface area contributed by atoms with E-state index in [4.69, 9.17) is 9.41 Å². The summed E-state index contributed by atoms with van der Waals surface area (Å²) in [6, 6.07) is 19.8. The number of anilines is 1. The molecule has 2 aromatic heterocycles. The standard InChI is InChI=1S/C29H22N4O5/c34-25(16-24-30-11-13-38-24)33-12-10-18-14-20(7-9-23(18)33)31-27(17-4-2-1-3-5-17)26-21-8-6-19(29(36)37)15-22(21)32-28(26)35/h1-9,11,13-15,32,35H,10,12,16H2,(H,36,37). The molecule has 0 saturated carbocycles. The highest BCUT2D eigenvalue weighted by molar-refractivity contribution is 6.22. The highest BCUT2D eigenvalue weighted by Crippen LogP contribution is 2.35. The van der Waals surface area contributed by atoms with Gasteiger partial charge in [-0.3, -0.25) is 4.79 Å². The largest absolute Gasteiger partial charge is 0.494 e. The molecule has 188 valence electrons. The maximum atomic E-state index is 12.8. The number of fused-ring (bicyclic) bond motifs is 2. The van der Waals surface area contributed by atoms with E-state index in [0.717, 1.165) is 16.8 Å². The van der Waals surface area contributed by atoms with Crippen LogP contribution in [0, 0.1) is 0 Å². The zero-order valence-electron chi connectivity index (χ0n) is 20.1. The molecule has 3 heterocycles. The Morgan fingerprint density at radius 3 is 2.66 bits per heavy atom. The molecule has 9 nitrogen and oxygen atoms in total. The number of oxazole rings is 1. The van der Waals surface area contributed by atoms with Crippen LogP contribution in [0.3, 0.4) is 0 Å². The van der Waals surface area contributed by atoms with E-state index >= 15 is 0 Å². The van der Waals surface area contributed by atoms with Gasteiger partial charge in [0.25, 0.3) is 0 Å². The van der Waals surface area contributed by atoms with Crippen molar-refractivity contribution in [2.24, 2.45) is 4.99 Å². The Labute approximate surface area is 216 Å². The number of carbonyl (C=O) groups excluding carboxylic acids is 1. The van der Waals surface area contributed by atoms with Gasteiger partial charge >= 0.3 is 5.97 Å². The van der Waals surface area contributed by atoms with Crippen LogP contribution in [0.2, 0.25) is 0 Å². The summed E-state index contributed by atoms with van der Waals surface area (Å²) in [7, 11) is 0. The molecule has 5 aromatic rings. The van der Waals surface area contributed by atoms with E-state index in [9.17, 15) is 19.8 Å². The monoisotopic (exact) mass is 506 g/mol. The molecule has 38 heavy (non-hydrogen) atoms. The van der Waals surface area contributed by atoms with Crippen LogP contribution < -0.4 is 4.90 Å². The first-order chi connectivity index (χ1) is 18.5. The summed E-state index contributed by atoms with van der Waals surface area (Å²) >= 11 is 0. The maximum Gasteiger partial charge on any atom is 0.335 e. The van der Waals surface area contributed by atoms with Gasteiger partial charge in [-0.2, -0.15) is 0 Å². The Bertz CT molecular complexity index is 1700. The van der Waals surface area contributed by atoms with Gasteiger partial charge in [0.15, 0.2) is 5.88 Å². The molecule has 1 aliphatic rings. The second-order valence-electron chi connectivity index (χ2n) is 8.95. The summed E-state index contributed by atoms with van der Waals surface area (Å²) in [5, 5.41) is 20.9. The number of aromatic carboxylic acids is 1. The van der Waals surface area contributed by atoms with Crippen molar-refractivity contribution < 1.29 is 24.2 Å². The van der Waals surface area contributed by atoms with Crippen LogP contribution in [0.25, 0.3) is 10.9 Å². The molecule has 0 fully saturated rings. The minimum absolute atomic E-state index is 0.0862. The lowest BCUT2D eigenvalue weighted by Gasteiger charge is -2.16. The second kappa shape index (κ2) is 9.36. The Morgan fingerprint density at radius 2 is 1.89 bits per heavy atom. The number of hydrogen-bond acceptors (Lipinski definition) is 6. The second-order valence-corrected chi connectivity index (χ2v) is 8.95. The molecule has 0 saturated heterocycles. The molecule has 0 bridgehead atoms. The lowest BCUT2D eigenvalue weighted by atomic mass is 10.00. The van der Waals surface area contributed by atoms with Gasteiger partial charge in [-0.05, 0) is 42.3 Å². The summed E-state index contributed by atoms with van der Waals surface area (Å²) in [5.41, 5.74) is 4.90. The SMILES string of the molecule is O=C(O)c1ccc2c(C(=Nc3ccc4c(c3)CCN4C(=O)Cc3ncco3)c3ccccc3)c(O)[nH]c2c1. The molecule has 3 aromatic carbocycles. The predicted molar refractivity (Wildman–Crippen MR) is 141 cm³/mol. The predicted octanol–water partition coefficient (Wildman–Crippen LogP) is 4.86. The first kappa shape index (κ1) is 23.2. The number of H-pyrrole nitrogens is 1. The highest BCUT2D eigenvalue weighted by atomic mass is 16.4. The molecule has 9 heteroatoms. The zero-order valence-corrected chi connectivity index (χ0v) is 20.1. The number of benzene rings is 3. The molecular formula is C29H22N4O5. The van der Waals surface area contributed by atoms with Crippen LogP contribution in [0.4, 0.5) is 11.4 Å². The molecule has 0 spiro atoms. The fourth-order valence-corrected chi connectivity index (χ4v) is 4.83. The lowest BCUT2D eigenvalue weighted by molar-refractivity contribution is -0.118. The van der Waals surface area contributed by atoms with E-state index < -0.39 is 5.97 Å². The minimum atomic E-state index is -1.05. The van der Waals surface area contributed by atoms with Crippen LogP contribution in [0.1, 0.15) is 32.9 Å². The summed E-state index contributed by atoms with van der Waals surface area (Å²) < 4.78 is 5.22. The van der Waals surface area contributed by atoms with Crippen molar-refractivity contribution in [1.82, 2.24) is 9.97 Å². The van der Waals surface area contributed by atoms with Crippen LogP contribution in [0.5, 0.6) is 5.88 Å². The molecular weight excluding hydrogens is 484 g/mol. The maximum absolute atomic E-state index is 12.8. The number of carboxylic acid groups (broad SMARTS) is 1. The Hall–Kier alpha value is -5.18. The first-order valence-electron chi connectivity index (χ1n) is 12.0. The van der Waals surface area contributed by atoms with E-state index in [1.165, 1.54) is 24.6 Å². The zero-order chi connectivity index (χ0) is 26.2. The van der Waals surface area contributed by atoms with Crippen LogP contribution in [-0.4, -0.2) is 44.3 Å². The fraction of sp³-hybridized carbons (Fsp3) is 0.103. The normalized spacial score (nSPS) is 13.2. The third-order valence-electron chi connectivity index (χ3n) is 6.60. The first-order valence-corrected chi connectivity index (χ1v) is 12.0. The summed E-state index contributed by atoms with van der Waals surface area (Å²) in [5.74, 6) is -0.858. The number of carboxylic acids is 1. The Balaban J connectivity index is 1.40. The van der Waals surface area contributed by atoms with E-state index in [2.05, 4.69) is 9.97 Å². The van der Waals surface area contributed by atoms with E-state index in [-0.39, 0.29) is 23.8 Å². The number of amides is 1. The molecule has 1 amide bonds. The molecule has 0 atom stereocenters. The topological polar surface area (TPSA) is 132 Å². The number of nitrogens with one attached hydrogen (secondary N) is 1. The van der Waals surface area contributed by atoms with Crippen molar-refractivity contribution >= 4 is 39.9 Å². The molecule has 1 aliphatic heterocycles. The Kier molecular flexibility index (Phi) is 5.72. The van der Waals surface area contributed by atoms with E-state index in [0.29, 0.717) is 46.7 Å². The van der Waals surface area contributed by atoms with Gasteiger partial charge < -0.3 is 24.5 Å². The number of carbonyl (C=O) groups is 2. The van der Waals surface area contributed by atoms with Crippen molar-refractivity contribution in [1.29, 1.82) is 0 Å². The third kappa shape index (κ3) is 4.20. The van der Waals surface area contributed by atoms with Crippen molar-refractivity contribution in [3.05, 3.63) is 107 Å². The molecule has 0 aliphatic carbocycles. The van der Waals surface area contributed by atoms with Crippen LogP contribution in [-0.2, 0) is 17.6 Å². The van der Waals surface area contributed by atoms with Gasteiger partial charge in [-0.1, -0.05) is 36.4 Å². The average Bonchev–Trinajstić information content (AvgIpc) is 3.65. The average molecular weight is 507 g/mol. The molecule has 3 N–H and O–H groups in total.